The van der Waals surface area contributed by atoms with E-state index < -0.39 is 35.8 Å². The van der Waals surface area contributed by atoms with Crippen molar-refractivity contribution in [2.24, 2.45) is 5.92 Å². The van der Waals surface area contributed by atoms with Gasteiger partial charge in [-0.15, -0.1) is 0 Å². The molecule has 0 fully saturated rings. The minimum absolute atomic E-state index is 0.0455. The van der Waals surface area contributed by atoms with Crippen LogP contribution in [0.3, 0.4) is 0 Å². The van der Waals surface area contributed by atoms with Gasteiger partial charge in [-0.25, -0.2) is 4.79 Å². The number of rotatable bonds is 14. The number of alkyl carbamates (subject to hydrolysis) is 1. The van der Waals surface area contributed by atoms with Gasteiger partial charge < -0.3 is 20.7 Å². The van der Waals surface area contributed by atoms with E-state index in [9.17, 15) is 19.2 Å². The summed E-state index contributed by atoms with van der Waals surface area (Å²) in [5, 5.41) is 7.98. The second-order valence-corrected chi connectivity index (χ2v) is 9.89. The number of hydrogen-bond donors (Lipinski definition) is 3. The summed E-state index contributed by atoms with van der Waals surface area (Å²) in [6.45, 7) is 3.88. The number of nitrogens with one attached hydrogen (secondary N) is 3. The number of amides is 3. The van der Waals surface area contributed by atoms with Crippen LogP contribution in [0, 0.1) is 5.92 Å². The van der Waals surface area contributed by atoms with Crippen molar-refractivity contribution in [3.63, 3.8) is 0 Å². The highest BCUT2D eigenvalue weighted by molar-refractivity contribution is 6.38. The molecule has 0 aliphatic heterocycles. The molecule has 3 N–H and O–H groups in total. The Morgan fingerprint density at radius 2 is 1.27 bits per heavy atom. The Morgan fingerprint density at radius 1 is 0.725 bits per heavy atom. The van der Waals surface area contributed by atoms with E-state index in [1.807, 2.05) is 91.0 Å². The first kappa shape index (κ1) is 30.1. The van der Waals surface area contributed by atoms with Crippen molar-refractivity contribution in [2.45, 2.75) is 51.8 Å². The van der Waals surface area contributed by atoms with Gasteiger partial charge in [0.15, 0.2) is 0 Å². The maximum Gasteiger partial charge on any atom is 0.408 e. The van der Waals surface area contributed by atoms with Gasteiger partial charge in [0.25, 0.3) is 5.91 Å². The fourth-order valence-electron chi connectivity index (χ4n) is 4.12. The number of benzene rings is 3. The lowest BCUT2D eigenvalue weighted by Gasteiger charge is -2.24. The number of Topliss-reactive ketones (excluding diaryl/α,β-unsaturated/α-hetero) is 1. The van der Waals surface area contributed by atoms with Crippen LogP contribution in [0.1, 0.15) is 37.0 Å². The van der Waals surface area contributed by atoms with E-state index in [4.69, 9.17) is 4.74 Å². The molecule has 0 unspecified atom stereocenters. The first-order chi connectivity index (χ1) is 19.3. The zero-order valence-electron chi connectivity index (χ0n) is 23.0. The Balaban J connectivity index is 1.60. The summed E-state index contributed by atoms with van der Waals surface area (Å²) in [7, 11) is 0. The van der Waals surface area contributed by atoms with Gasteiger partial charge in [-0.05, 0) is 35.4 Å². The first-order valence-corrected chi connectivity index (χ1v) is 13.5. The summed E-state index contributed by atoms with van der Waals surface area (Å²) in [5.74, 6) is -2.41. The van der Waals surface area contributed by atoms with Crippen LogP contribution in [-0.4, -0.2) is 42.3 Å². The van der Waals surface area contributed by atoms with Crippen LogP contribution in [0.4, 0.5) is 4.79 Å². The maximum atomic E-state index is 13.4. The summed E-state index contributed by atoms with van der Waals surface area (Å²) in [5.41, 5.74) is 2.77. The quantitative estimate of drug-likeness (QED) is 0.210. The second-order valence-electron chi connectivity index (χ2n) is 9.89. The summed E-state index contributed by atoms with van der Waals surface area (Å²) in [6, 6.07) is 26.2. The summed E-state index contributed by atoms with van der Waals surface area (Å²) in [4.78, 5) is 51.6. The molecule has 210 valence electrons. The van der Waals surface area contributed by atoms with Gasteiger partial charge in [0.1, 0.15) is 12.6 Å². The minimum Gasteiger partial charge on any atom is -0.445 e. The minimum atomic E-state index is -1.05. The molecule has 3 amide bonds. The first-order valence-electron chi connectivity index (χ1n) is 13.5. The smallest absolute Gasteiger partial charge is 0.408 e. The molecular formula is C32H37N3O5. The third kappa shape index (κ3) is 10.0. The van der Waals surface area contributed by atoms with Crippen LogP contribution in [0.2, 0.25) is 0 Å². The molecule has 3 aromatic carbocycles. The van der Waals surface area contributed by atoms with Crippen molar-refractivity contribution in [3.05, 3.63) is 108 Å². The fraction of sp³-hybridized carbons (Fsp3) is 0.312. The number of aryl methyl sites for hydroxylation is 1. The number of carbonyl (C=O) groups excluding carboxylic acids is 4. The Hall–Kier alpha value is -4.46. The molecule has 0 heterocycles. The zero-order valence-corrected chi connectivity index (χ0v) is 23.0. The molecule has 3 rings (SSSR count). The Kier molecular flexibility index (Phi) is 11.9. The molecule has 0 aliphatic rings. The Bertz CT molecular complexity index is 1230. The second kappa shape index (κ2) is 15.8. The number of carbonyl (C=O) groups is 4. The van der Waals surface area contributed by atoms with Gasteiger partial charge in [0.2, 0.25) is 11.7 Å². The molecule has 8 heteroatoms. The molecule has 0 saturated heterocycles. The highest BCUT2D eigenvalue weighted by atomic mass is 16.5. The van der Waals surface area contributed by atoms with Gasteiger partial charge in [0, 0.05) is 13.0 Å². The van der Waals surface area contributed by atoms with Crippen molar-refractivity contribution < 1.29 is 23.9 Å². The van der Waals surface area contributed by atoms with Crippen molar-refractivity contribution in [1.29, 1.82) is 0 Å². The van der Waals surface area contributed by atoms with Gasteiger partial charge >= 0.3 is 6.09 Å². The number of ketones is 1. The number of ether oxygens (including phenoxy) is 1. The molecule has 0 aliphatic carbocycles. The lowest BCUT2D eigenvalue weighted by atomic mass is 9.97. The van der Waals surface area contributed by atoms with Crippen LogP contribution in [-0.2, 0) is 38.6 Å². The molecule has 0 spiro atoms. The standard InChI is InChI=1S/C32H37N3O5/c1-23(2)28(29(36)31(38)33-20-12-19-24-13-6-3-7-14-24)35-30(37)27(21-25-15-8-4-9-16-25)34-32(39)40-22-26-17-10-5-11-18-26/h3-11,13-18,23,27-28H,12,19-22H2,1-2H3,(H,33,38)(H,34,39)(H,35,37)/t27-,28-/m0/s1. The molecular weight excluding hydrogens is 506 g/mol. The molecule has 8 nitrogen and oxygen atoms in total. The van der Waals surface area contributed by atoms with Crippen LogP contribution >= 0.6 is 0 Å². The van der Waals surface area contributed by atoms with E-state index in [1.165, 1.54) is 0 Å². The zero-order chi connectivity index (χ0) is 28.7. The average Bonchev–Trinajstić information content (AvgIpc) is 2.97. The van der Waals surface area contributed by atoms with Gasteiger partial charge in [0.05, 0.1) is 6.04 Å². The summed E-state index contributed by atoms with van der Waals surface area (Å²) in [6.07, 6.45) is 0.865. The van der Waals surface area contributed by atoms with E-state index in [1.54, 1.807) is 13.8 Å². The van der Waals surface area contributed by atoms with Gasteiger partial charge in [-0.2, -0.15) is 0 Å². The molecule has 40 heavy (non-hydrogen) atoms. The average molecular weight is 544 g/mol. The van der Waals surface area contributed by atoms with Crippen LogP contribution in [0.15, 0.2) is 91.0 Å². The third-order valence-electron chi connectivity index (χ3n) is 6.35. The van der Waals surface area contributed by atoms with Crippen LogP contribution in [0.5, 0.6) is 0 Å². The molecule has 0 bridgehead atoms. The maximum absolute atomic E-state index is 13.4. The van der Waals surface area contributed by atoms with E-state index in [0.29, 0.717) is 13.0 Å². The SMILES string of the molecule is CC(C)[C@H](NC(=O)[C@H](Cc1ccccc1)NC(=O)OCc1ccccc1)C(=O)C(=O)NCCCc1ccccc1. The van der Waals surface area contributed by atoms with E-state index in [-0.39, 0.29) is 18.9 Å². The predicted octanol–water partition coefficient (Wildman–Crippen LogP) is 3.98. The Labute approximate surface area is 235 Å². The Morgan fingerprint density at radius 3 is 1.85 bits per heavy atom. The lowest BCUT2D eigenvalue weighted by molar-refractivity contribution is -0.141. The van der Waals surface area contributed by atoms with E-state index >= 15 is 0 Å². The molecule has 0 radical (unpaired) electrons. The van der Waals surface area contributed by atoms with Crippen LogP contribution in [0.25, 0.3) is 0 Å². The normalized spacial score (nSPS) is 12.2. The molecule has 3 aromatic rings. The highest BCUT2D eigenvalue weighted by Gasteiger charge is 2.32. The largest absolute Gasteiger partial charge is 0.445 e. The molecule has 0 saturated carbocycles. The summed E-state index contributed by atoms with van der Waals surface area (Å²) >= 11 is 0. The van der Waals surface area contributed by atoms with Crippen molar-refractivity contribution in [1.82, 2.24) is 16.0 Å². The lowest BCUT2D eigenvalue weighted by Crippen LogP contribution is -2.56. The van der Waals surface area contributed by atoms with Crippen molar-refractivity contribution >= 4 is 23.7 Å². The van der Waals surface area contributed by atoms with Crippen LogP contribution < -0.4 is 16.0 Å². The van der Waals surface area contributed by atoms with Crippen molar-refractivity contribution in [3.8, 4) is 0 Å². The van der Waals surface area contributed by atoms with Gasteiger partial charge in [-0.1, -0.05) is 105 Å². The van der Waals surface area contributed by atoms with Gasteiger partial charge in [-0.3, -0.25) is 14.4 Å². The van der Waals surface area contributed by atoms with E-state index in [0.717, 1.165) is 23.1 Å². The van der Waals surface area contributed by atoms with E-state index in [2.05, 4.69) is 16.0 Å². The topological polar surface area (TPSA) is 114 Å². The van der Waals surface area contributed by atoms with Crippen molar-refractivity contribution in [2.75, 3.05) is 6.54 Å². The monoisotopic (exact) mass is 543 g/mol. The summed E-state index contributed by atoms with van der Waals surface area (Å²) < 4.78 is 5.31. The highest BCUT2D eigenvalue weighted by Crippen LogP contribution is 2.09. The third-order valence-corrected chi connectivity index (χ3v) is 6.35. The number of hydrogen-bond acceptors (Lipinski definition) is 5. The predicted molar refractivity (Wildman–Crippen MR) is 153 cm³/mol. The molecule has 0 aromatic heterocycles. The molecule has 2 atom stereocenters. The fourth-order valence-corrected chi connectivity index (χ4v) is 4.12.